The van der Waals surface area contributed by atoms with Crippen molar-refractivity contribution in [2.75, 3.05) is 5.32 Å². The van der Waals surface area contributed by atoms with Gasteiger partial charge in [0.2, 0.25) is 0 Å². The summed E-state index contributed by atoms with van der Waals surface area (Å²) in [6.07, 6.45) is -1.09. The summed E-state index contributed by atoms with van der Waals surface area (Å²) in [4.78, 5) is 0. The van der Waals surface area contributed by atoms with Crippen LogP contribution in [0.2, 0.25) is 0 Å². The molecule has 100 valence electrons. The second-order valence-electron chi connectivity index (χ2n) is 4.10. The van der Waals surface area contributed by atoms with E-state index < -0.39 is 11.7 Å². The summed E-state index contributed by atoms with van der Waals surface area (Å²) in [5.74, 6) is 0. The first-order valence-corrected chi connectivity index (χ1v) is 6.38. The zero-order valence-electron chi connectivity index (χ0n) is 10.0. The molecule has 1 unspecified atom stereocenters. The van der Waals surface area contributed by atoms with Crippen LogP contribution in [0.3, 0.4) is 0 Å². The van der Waals surface area contributed by atoms with Gasteiger partial charge in [-0.25, -0.2) is 0 Å². The van der Waals surface area contributed by atoms with Crippen molar-refractivity contribution in [2.24, 2.45) is 0 Å². The molecule has 0 saturated carbocycles. The predicted octanol–water partition coefficient (Wildman–Crippen LogP) is 5.23. The maximum atomic E-state index is 12.9. The van der Waals surface area contributed by atoms with Crippen molar-refractivity contribution in [1.29, 1.82) is 0 Å². The van der Waals surface area contributed by atoms with Crippen LogP contribution >= 0.6 is 15.9 Å². The van der Waals surface area contributed by atoms with Crippen molar-refractivity contribution in [3.63, 3.8) is 0 Å². The molecule has 1 aromatic rings. The van der Waals surface area contributed by atoms with Crippen molar-refractivity contribution in [3.8, 4) is 0 Å². The van der Waals surface area contributed by atoms with E-state index in [0.717, 1.165) is 18.9 Å². The van der Waals surface area contributed by atoms with Crippen LogP contribution in [-0.2, 0) is 6.18 Å². The maximum Gasteiger partial charge on any atom is 0.418 e. The topological polar surface area (TPSA) is 12.0 Å². The van der Waals surface area contributed by atoms with Gasteiger partial charge in [-0.1, -0.05) is 22.0 Å². The fraction of sp³-hybridized carbons (Fsp3) is 0.385. The van der Waals surface area contributed by atoms with Crippen LogP contribution in [0.15, 0.2) is 35.3 Å². The van der Waals surface area contributed by atoms with Gasteiger partial charge in [0.15, 0.2) is 0 Å². The monoisotopic (exact) mass is 321 g/mol. The summed E-state index contributed by atoms with van der Waals surface area (Å²) < 4.78 is 39.0. The van der Waals surface area contributed by atoms with E-state index in [1.807, 2.05) is 6.92 Å². The Morgan fingerprint density at radius 1 is 1.44 bits per heavy atom. The lowest BCUT2D eigenvalue weighted by Gasteiger charge is -2.19. The highest BCUT2D eigenvalue weighted by atomic mass is 79.9. The predicted molar refractivity (Wildman–Crippen MR) is 71.7 cm³/mol. The Morgan fingerprint density at radius 2 is 2.11 bits per heavy atom. The molecule has 1 nitrogen and oxygen atoms in total. The van der Waals surface area contributed by atoms with Gasteiger partial charge in [0.05, 0.1) is 5.56 Å². The van der Waals surface area contributed by atoms with Crippen molar-refractivity contribution >= 4 is 21.6 Å². The van der Waals surface area contributed by atoms with Crippen molar-refractivity contribution in [3.05, 3.63) is 40.9 Å². The van der Waals surface area contributed by atoms with Gasteiger partial charge < -0.3 is 5.32 Å². The van der Waals surface area contributed by atoms with Crippen molar-refractivity contribution in [2.45, 2.75) is 32.0 Å². The van der Waals surface area contributed by atoms with Crippen LogP contribution in [0.5, 0.6) is 0 Å². The molecule has 0 amide bonds. The molecule has 5 heteroatoms. The number of benzene rings is 1. The number of nitrogens with one attached hydrogen (secondary N) is 1. The van der Waals surface area contributed by atoms with Crippen LogP contribution in [0.25, 0.3) is 0 Å². The zero-order chi connectivity index (χ0) is 13.8. The molecule has 1 aromatic carbocycles. The molecule has 1 N–H and O–H groups in total. The third-order valence-electron chi connectivity index (χ3n) is 2.49. The van der Waals surface area contributed by atoms with E-state index in [-0.39, 0.29) is 11.7 Å². The van der Waals surface area contributed by atoms with E-state index >= 15 is 0 Å². The number of hydrogen-bond acceptors (Lipinski definition) is 1. The molecule has 1 rings (SSSR count). The normalized spacial score (nSPS) is 13.2. The first-order chi connectivity index (χ1) is 8.34. The lowest BCUT2D eigenvalue weighted by molar-refractivity contribution is -0.137. The first kappa shape index (κ1) is 15.1. The highest BCUT2D eigenvalue weighted by Crippen LogP contribution is 2.36. The van der Waals surface area contributed by atoms with Crippen LogP contribution in [0.4, 0.5) is 18.9 Å². The molecule has 0 saturated heterocycles. The molecule has 0 spiro atoms. The van der Waals surface area contributed by atoms with Gasteiger partial charge in [-0.15, -0.1) is 6.58 Å². The fourth-order valence-electron chi connectivity index (χ4n) is 1.58. The van der Waals surface area contributed by atoms with E-state index in [1.165, 1.54) is 6.07 Å². The Kier molecular flexibility index (Phi) is 5.26. The number of hydrogen-bond donors (Lipinski definition) is 1. The first-order valence-electron chi connectivity index (χ1n) is 5.58. The van der Waals surface area contributed by atoms with Crippen LogP contribution in [0, 0.1) is 0 Å². The number of alkyl halides is 3. The third kappa shape index (κ3) is 4.37. The Hall–Kier alpha value is -0.970. The zero-order valence-corrected chi connectivity index (χ0v) is 11.6. The number of rotatable bonds is 5. The Balaban J connectivity index is 2.91. The summed E-state index contributed by atoms with van der Waals surface area (Å²) in [7, 11) is 0. The molecule has 0 fully saturated rings. The lowest BCUT2D eigenvalue weighted by Crippen LogP contribution is -2.18. The van der Waals surface area contributed by atoms with Crippen molar-refractivity contribution < 1.29 is 13.2 Å². The molecule has 0 aliphatic heterocycles. The highest BCUT2D eigenvalue weighted by molar-refractivity contribution is 9.10. The Labute approximate surface area is 113 Å². The molecular weight excluding hydrogens is 307 g/mol. The van der Waals surface area contributed by atoms with Gasteiger partial charge in [0, 0.05) is 16.2 Å². The highest BCUT2D eigenvalue weighted by Gasteiger charge is 2.33. The van der Waals surface area contributed by atoms with Crippen LogP contribution < -0.4 is 5.32 Å². The van der Waals surface area contributed by atoms with Gasteiger partial charge in [0.25, 0.3) is 0 Å². The molecular formula is C13H15BrF3N. The average molecular weight is 322 g/mol. The molecule has 0 heterocycles. The molecule has 0 aromatic heterocycles. The summed E-state index contributed by atoms with van der Waals surface area (Å²) >= 11 is 3.06. The molecule has 1 atom stereocenters. The molecule has 0 aliphatic carbocycles. The Bertz CT molecular complexity index is 415. The third-order valence-corrected chi connectivity index (χ3v) is 2.99. The largest absolute Gasteiger partial charge is 0.418 e. The van der Waals surface area contributed by atoms with Crippen LogP contribution in [-0.4, -0.2) is 6.04 Å². The molecule has 18 heavy (non-hydrogen) atoms. The Morgan fingerprint density at radius 3 is 2.67 bits per heavy atom. The number of allylic oxidation sites excluding steroid dienone is 1. The summed E-state index contributed by atoms with van der Waals surface area (Å²) in [5, 5.41) is 2.89. The average Bonchev–Trinajstić information content (AvgIpc) is 2.27. The van der Waals surface area contributed by atoms with E-state index in [0.29, 0.717) is 4.47 Å². The second-order valence-corrected chi connectivity index (χ2v) is 5.01. The summed E-state index contributed by atoms with van der Waals surface area (Å²) in [6, 6.07) is 4.09. The van der Waals surface area contributed by atoms with E-state index in [4.69, 9.17) is 0 Å². The fourth-order valence-corrected chi connectivity index (χ4v) is 1.94. The SMILES string of the molecule is C=CCCC(C)Nc1ccc(Br)cc1C(F)(F)F. The second kappa shape index (κ2) is 6.27. The van der Waals surface area contributed by atoms with E-state index in [1.54, 1.807) is 12.1 Å². The summed E-state index contributed by atoms with van der Waals surface area (Å²) in [5.41, 5.74) is -0.537. The minimum atomic E-state index is -4.36. The van der Waals surface area contributed by atoms with Gasteiger partial charge in [-0.3, -0.25) is 0 Å². The van der Waals surface area contributed by atoms with E-state index in [9.17, 15) is 13.2 Å². The van der Waals surface area contributed by atoms with Crippen LogP contribution in [0.1, 0.15) is 25.3 Å². The maximum absolute atomic E-state index is 12.9. The van der Waals surface area contributed by atoms with Gasteiger partial charge >= 0.3 is 6.18 Å². The number of anilines is 1. The summed E-state index contributed by atoms with van der Waals surface area (Å²) in [6.45, 7) is 5.45. The minimum absolute atomic E-state index is 0.0368. The van der Waals surface area contributed by atoms with Gasteiger partial charge in [0.1, 0.15) is 0 Å². The molecule has 0 radical (unpaired) electrons. The number of halogens is 4. The molecule has 0 bridgehead atoms. The molecule has 0 aliphatic rings. The standard InChI is InChI=1S/C13H15BrF3N/c1-3-4-5-9(2)18-12-7-6-10(14)8-11(12)13(15,16)17/h3,6-9,18H,1,4-5H2,2H3. The van der Waals surface area contributed by atoms with Gasteiger partial charge in [-0.2, -0.15) is 13.2 Å². The minimum Gasteiger partial charge on any atom is -0.382 e. The van der Waals surface area contributed by atoms with E-state index in [2.05, 4.69) is 27.8 Å². The van der Waals surface area contributed by atoms with Gasteiger partial charge in [-0.05, 0) is 38.0 Å². The van der Waals surface area contributed by atoms with Crippen molar-refractivity contribution in [1.82, 2.24) is 0 Å². The smallest absolute Gasteiger partial charge is 0.382 e. The lowest BCUT2D eigenvalue weighted by atomic mass is 10.1. The quantitative estimate of drug-likeness (QED) is 0.732.